The molecule has 1 aliphatic heterocycles. The van der Waals surface area contributed by atoms with E-state index >= 15 is 0 Å². The normalized spacial score (nSPS) is 26.9. The van der Waals surface area contributed by atoms with Crippen molar-refractivity contribution >= 4 is 17.6 Å². The molecule has 0 amide bonds. The lowest BCUT2D eigenvalue weighted by atomic mass is 9.89. The van der Waals surface area contributed by atoms with E-state index in [2.05, 4.69) is 6.92 Å². The highest BCUT2D eigenvalue weighted by Gasteiger charge is 2.26. The third-order valence-electron chi connectivity index (χ3n) is 3.09. The van der Waals surface area contributed by atoms with Gasteiger partial charge in [0.2, 0.25) is 0 Å². The monoisotopic (exact) mass is 230 g/mol. The first kappa shape index (κ1) is 12.8. The molecule has 0 saturated carbocycles. The number of rotatable bonds is 5. The molecule has 88 valence electrons. The van der Waals surface area contributed by atoms with Gasteiger partial charge in [-0.1, -0.05) is 13.8 Å². The number of nitrogens with one attached hydrogen (secondary N) is 1. The largest absolute Gasteiger partial charge is 0.387 e. The molecule has 2 unspecified atom stereocenters. The molecule has 0 aromatic rings. The van der Waals surface area contributed by atoms with Crippen molar-refractivity contribution < 1.29 is 4.74 Å². The predicted octanol–water partition coefficient (Wildman–Crippen LogP) is 2.25. The molecule has 1 fully saturated rings. The highest BCUT2D eigenvalue weighted by atomic mass is 32.2. The molecular weight excluding hydrogens is 208 g/mol. The van der Waals surface area contributed by atoms with Crippen LogP contribution in [0.25, 0.3) is 0 Å². The van der Waals surface area contributed by atoms with Crippen molar-refractivity contribution in [3.05, 3.63) is 0 Å². The van der Waals surface area contributed by atoms with Gasteiger partial charge < -0.3 is 10.5 Å². The Morgan fingerprint density at radius 1 is 1.60 bits per heavy atom. The van der Waals surface area contributed by atoms with Gasteiger partial charge >= 0.3 is 0 Å². The minimum absolute atomic E-state index is 0.157. The molecule has 1 saturated heterocycles. The van der Waals surface area contributed by atoms with Crippen molar-refractivity contribution in [2.75, 3.05) is 12.4 Å². The maximum absolute atomic E-state index is 7.47. The van der Waals surface area contributed by atoms with Crippen LogP contribution in [0.1, 0.15) is 33.6 Å². The van der Waals surface area contributed by atoms with Gasteiger partial charge in [-0.3, -0.25) is 5.41 Å². The molecule has 1 rings (SSSR count). The first-order chi connectivity index (χ1) is 6.93. The van der Waals surface area contributed by atoms with Crippen LogP contribution in [0.15, 0.2) is 0 Å². The fourth-order valence-corrected chi connectivity index (χ4v) is 3.07. The number of thioether (sulfide) groups is 1. The van der Waals surface area contributed by atoms with Gasteiger partial charge in [-0.25, -0.2) is 0 Å². The standard InChI is InChI=1S/C11H22N2OS/c1-8-9(4-6-14-8)15-7-5-11(2,3)10(12)13/h8-9H,4-7H2,1-3H3,(H3,12,13). The molecule has 0 radical (unpaired) electrons. The van der Waals surface area contributed by atoms with Crippen LogP contribution in [0, 0.1) is 10.8 Å². The van der Waals surface area contributed by atoms with Crippen LogP contribution < -0.4 is 5.73 Å². The highest BCUT2D eigenvalue weighted by molar-refractivity contribution is 7.99. The summed E-state index contributed by atoms with van der Waals surface area (Å²) in [7, 11) is 0. The summed E-state index contributed by atoms with van der Waals surface area (Å²) in [6.45, 7) is 7.10. The van der Waals surface area contributed by atoms with Crippen molar-refractivity contribution in [2.24, 2.45) is 11.1 Å². The van der Waals surface area contributed by atoms with Crippen LogP contribution >= 0.6 is 11.8 Å². The van der Waals surface area contributed by atoms with Crippen molar-refractivity contribution in [2.45, 2.75) is 45.0 Å². The van der Waals surface area contributed by atoms with Crippen LogP contribution in [0.2, 0.25) is 0 Å². The third kappa shape index (κ3) is 3.68. The number of nitrogens with two attached hydrogens (primary N) is 1. The topological polar surface area (TPSA) is 59.1 Å². The lowest BCUT2D eigenvalue weighted by molar-refractivity contribution is 0.127. The Kier molecular flexibility index (Phi) is 4.46. The Hall–Kier alpha value is -0.220. The van der Waals surface area contributed by atoms with Crippen LogP contribution in [0.4, 0.5) is 0 Å². The van der Waals surface area contributed by atoms with E-state index in [0.29, 0.717) is 17.2 Å². The van der Waals surface area contributed by atoms with Crippen molar-refractivity contribution in [1.29, 1.82) is 5.41 Å². The summed E-state index contributed by atoms with van der Waals surface area (Å²) >= 11 is 1.96. The fourth-order valence-electron chi connectivity index (χ4n) is 1.53. The second-order valence-corrected chi connectivity index (χ2v) is 6.17. The molecule has 0 aromatic heterocycles. The van der Waals surface area contributed by atoms with Crippen LogP contribution in [-0.4, -0.2) is 29.5 Å². The Bertz CT molecular complexity index is 231. The average molecular weight is 230 g/mol. The summed E-state index contributed by atoms with van der Waals surface area (Å²) < 4.78 is 5.51. The number of hydrogen-bond acceptors (Lipinski definition) is 3. The highest BCUT2D eigenvalue weighted by Crippen LogP contribution is 2.30. The molecule has 3 nitrogen and oxygen atoms in total. The van der Waals surface area contributed by atoms with Gasteiger partial charge in [0.25, 0.3) is 0 Å². The summed E-state index contributed by atoms with van der Waals surface area (Å²) in [4.78, 5) is 0. The molecule has 0 aliphatic carbocycles. The Morgan fingerprint density at radius 2 is 2.27 bits per heavy atom. The van der Waals surface area contributed by atoms with Gasteiger partial charge in [0.05, 0.1) is 11.9 Å². The molecule has 2 atom stereocenters. The SMILES string of the molecule is CC1OCCC1SCCC(C)(C)C(=N)N. The Balaban J connectivity index is 2.24. The van der Waals surface area contributed by atoms with Crippen molar-refractivity contribution in [1.82, 2.24) is 0 Å². The number of hydrogen-bond donors (Lipinski definition) is 2. The first-order valence-electron chi connectivity index (χ1n) is 5.51. The zero-order chi connectivity index (χ0) is 11.5. The predicted molar refractivity (Wildman–Crippen MR) is 66.6 cm³/mol. The van der Waals surface area contributed by atoms with E-state index in [-0.39, 0.29) is 5.41 Å². The maximum Gasteiger partial charge on any atom is 0.0963 e. The van der Waals surface area contributed by atoms with Gasteiger partial charge in [-0.15, -0.1) is 0 Å². The third-order valence-corrected chi connectivity index (χ3v) is 4.58. The second-order valence-electron chi connectivity index (χ2n) is 4.82. The average Bonchev–Trinajstić information content (AvgIpc) is 2.51. The molecular formula is C11H22N2OS. The summed E-state index contributed by atoms with van der Waals surface area (Å²) in [5.74, 6) is 1.35. The molecule has 0 spiro atoms. The molecule has 4 heteroatoms. The van der Waals surface area contributed by atoms with Gasteiger partial charge in [-0.2, -0.15) is 11.8 Å². The minimum atomic E-state index is -0.157. The molecule has 0 bridgehead atoms. The summed E-state index contributed by atoms with van der Waals surface area (Å²) in [6, 6.07) is 0. The molecule has 15 heavy (non-hydrogen) atoms. The van der Waals surface area contributed by atoms with Crippen LogP contribution in [0.3, 0.4) is 0 Å². The van der Waals surface area contributed by atoms with Gasteiger partial charge in [0, 0.05) is 17.3 Å². The van der Waals surface area contributed by atoms with E-state index in [1.165, 1.54) is 0 Å². The summed E-state index contributed by atoms with van der Waals surface area (Å²) in [6.07, 6.45) is 2.51. The van der Waals surface area contributed by atoms with E-state index in [9.17, 15) is 0 Å². The van der Waals surface area contributed by atoms with E-state index in [4.69, 9.17) is 15.9 Å². The summed E-state index contributed by atoms with van der Waals surface area (Å²) in [5.41, 5.74) is 5.38. The molecule has 1 aliphatic rings. The molecule has 3 N–H and O–H groups in total. The van der Waals surface area contributed by atoms with Gasteiger partial charge in [-0.05, 0) is 25.5 Å². The first-order valence-corrected chi connectivity index (χ1v) is 6.56. The fraction of sp³-hybridized carbons (Fsp3) is 0.909. The van der Waals surface area contributed by atoms with Crippen molar-refractivity contribution in [3.8, 4) is 0 Å². The minimum Gasteiger partial charge on any atom is -0.387 e. The molecule has 1 heterocycles. The van der Waals surface area contributed by atoms with E-state index in [0.717, 1.165) is 25.2 Å². The molecule has 0 aromatic carbocycles. The van der Waals surface area contributed by atoms with E-state index in [1.807, 2.05) is 25.6 Å². The van der Waals surface area contributed by atoms with E-state index in [1.54, 1.807) is 0 Å². The van der Waals surface area contributed by atoms with Gasteiger partial charge in [0.15, 0.2) is 0 Å². The lowest BCUT2D eigenvalue weighted by Crippen LogP contribution is -2.31. The second kappa shape index (κ2) is 5.21. The van der Waals surface area contributed by atoms with Gasteiger partial charge in [0.1, 0.15) is 0 Å². The lowest BCUT2D eigenvalue weighted by Gasteiger charge is -2.23. The van der Waals surface area contributed by atoms with Crippen LogP contribution in [-0.2, 0) is 4.74 Å². The maximum atomic E-state index is 7.47. The van der Waals surface area contributed by atoms with E-state index < -0.39 is 0 Å². The zero-order valence-electron chi connectivity index (χ0n) is 9.88. The Labute approximate surface area is 96.6 Å². The number of ether oxygens (including phenoxy) is 1. The Morgan fingerprint density at radius 3 is 2.73 bits per heavy atom. The van der Waals surface area contributed by atoms with Crippen molar-refractivity contribution in [3.63, 3.8) is 0 Å². The zero-order valence-corrected chi connectivity index (χ0v) is 10.7. The van der Waals surface area contributed by atoms with Crippen LogP contribution in [0.5, 0.6) is 0 Å². The number of amidine groups is 1. The summed E-state index contributed by atoms with van der Waals surface area (Å²) in [5, 5.41) is 8.10. The smallest absolute Gasteiger partial charge is 0.0963 e. The quantitative estimate of drug-likeness (QED) is 0.562.